The summed E-state index contributed by atoms with van der Waals surface area (Å²) in [6.07, 6.45) is 0. The molecular weight excluding hydrogens is 198 g/mol. The van der Waals surface area contributed by atoms with Crippen molar-refractivity contribution in [2.75, 3.05) is 7.05 Å². The summed E-state index contributed by atoms with van der Waals surface area (Å²) in [5.41, 5.74) is 2.10. The fourth-order valence-corrected chi connectivity index (χ4v) is 1.50. The largest absolute Gasteiger partial charge is 0.355 e. The Morgan fingerprint density at radius 2 is 2.14 bits per heavy atom. The molecule has 0 unspecified atom stereocenters. The SMILES string of the molecule is C=C(C)c1cccc(Cl)c1C(=O)NC. The van der Waals surface area contributed by atoms with Crippen LogP contribution in [0.25, 0.3) is 5.57 Å². The van der Waals surface area contributed by atoms with E-state index in [1.165, 1.54) is 0 Å². The van der Waals surface area contributed by atoms with Crippen molar-refractivity contribution in [1.82, 2.24) is 5.32 Å². The molecule has 0 atom stereocenters. The Kier molecular flexibility index (Phi) is 3.31. The van der Waals surface area contributed by atoms with E-state index < -0.39 is 0 Å². The third-order valence-electron chi connectivity index (χ3n) is 1.93. The molecule has 0 aliphatic carbocycles. The molecule has 0 heterocycles. The van der Waals surface area contributed by atoms with Crippen molar-refractivity contribution < 1.29 is 4.79 Å². The molecular formula is C11H12ClNO. The van der Waals surface area contributed by atoms with Crippen LogP contribution in [0.3, 0.4) is 0 Å². The number of carbonyl (C=O) groups excluding carboxylic acids is 1. The van der Waals surface area contributed by atoms with E-state index in [9.17, 15) is 4.79 Å². The zero-order valence-corrected chi connectivity index (χ0v) is 8.98. The topological polar surface area (TPSA) is 29.1 Å². The third-order valence-corrected chi connectivity index (χ3v) is 2.24. The first-order valence-electron chi connectivity index (χ1n) is 4.24. The molecule has 74 valence electrons. The van der Waals surface area contributed by atoms with Crippen LogP contribution in [-0.4, -0.2) is 13.0 Å². The molecule has 0 bridgehead atoms. The van der Waals surface area contributed by atoms with E-state index in [1.54, 1.807) is 19.2 Å². The average Bonchev–Trinajstić information content (AvgIpc) is 2.16. The van der Waals surface area contributed by atoms with Gasteiger partial charge in [0.05, 0.1) is 10.6 Å². The van der Waals surface area contributed by atoms with Crippen molar-refractivity contribution >= 4 is 23.1 Å². The fraction of sp³-hybridized carbons (Fsp3) is 0.182. The molecule has 3 heteroatoms. The van der Waals surface area contributed by atoms with E-state index in [-0.39, 0.29) is 5.91 Å². The Hall–Kier alpha value is -1.28. The van der Waals surface area contributed by atoms with Gasteiger partial charge >= 0.3 is 0 Å². The normalized spacial score (nSPS) is 9.64. The molecule has 2 nitrogen and oxygen atoms in total. The second kappa shape index (κ2) is 4.29. The quantitative estimate of drug-likeness (QED) is 0.798. The monoisotopic (exact) mass is 209 g/mol. The number of nitrogens with one attached hydrogen (secondary N) is 1. The Morgan fingerprint density at radius 3 is 2.64 bits per heavy atom. The van der Waals surface area contributed by atoms with Crippen LogP contribution in [0, 0.1) is 0 Å². The number of amides is 1. The van der Waals surface area contributed by atoms with Gasteiger partial charge in [-0.15, -0.1) is 0 Å². The Morgan fingerprint density at radius 1 is 1.50 bits per heavy atom. The van der Waals surface area contributed by atoms with Crippen molar-refractivity contribution in [2.45, 2.75) is 6.92 Å². The van der Waals surface area contributed by atoms with E-state index >= 15 is 0 Å². The molecule has 1 N–H and O–H groups in total. The van der Waals surface area contributed by atoms with Gasteiger partial charge < -0.3 is 5.32 Å². The average molecular weight is 210 g/mol. The molecule has 1 aromatic carbocycles. The van der Waals surface area contributed by atoms with Crippen LogP contribution in [0.4, 0.5) is 0 Å². The van der Waals surface area contributed by atoms with Crippen LogP contribution in [0.15, 0.2) is 24.8 Å². The maximum Gasteiger partial charge on any atom is 0.253 e. The summed E-state index contributed by atoms with van der Waals surface area (Å²) in [5, 5.41) is 3.00. The van der Waals surface area contributed by atoms with Gasteiger partial charge in [0.25, 0.3) is 5.91 Å². The van der Waals surface area contributed by atoms with Crippen LogP contribution >= 0.6 is 11.6 Å². The Balaban J connectivity index is 3.36. The van der Waals surface area contributed by atoms with Gasteiger partial charge in [-0.25, -0.2) is 0 Å². The molecule has 0 aliphatic rings. The summed E-state index contributed by atoms with van der Waals surface area (Å²) in [7, 11) is 1.58. The van der Waals surface area contributed by atoms with Gasteiger partial charge in [-0.3, -0.25) is 4.79 Å². The molecule has 1 rings (SSSR count). The van der Waals surface area contributed by atoms with Crippen LogP contribution in [0.2, 0.25) is 5.02 Å². The first kappa shape index (κ1) is 10.8. The minimum absolute atomic E-state index is 0.186. The number of rotatable bonds is 2. The minimum atomic E-state index is -0.186. The number of benzene rings is 1. The van der Waals surface area contributed by atoms with Gasteiger partial charge in [0.1, 0.15) is 0 Å². The highest BCUT2D eigenvalue weighted by Gasteiger charge is 2.13. The molecule has 0 aliphatic heterocycles. The van der Waals surface area contributed by atoms with Gasteiger partial charge in [-0.1, -0.05) is 35.9 Å². The molecule has 0 fully saturated rings. The van der Waals surface area contributed by atoms with E-state index in [4.69, 9.17) is 11.6 Å². The lowest BCUT2D eigenvalue weighted by atomic mass is 10.0. The molecule has 0 saturated carbocycles. The number of carbonyl (C=O) groups is 1. The van der Waals surface area contributed by atoms with Gasteiger partial charge in [-0.2, -0.15) is 0 Å². The lowest BCUT2D eigenvalue weighted by molar-refractivity contribution is 0.0963. The van der Waals surface area contributed by atoms with E-state index in [1.807, 2.05) is 13.0 Å². The van der Waals surface area contributed by atoms with Crippen molar-refractivity contribution in [3.8, 4) is 0 Å². The maximum atomic E-state index is 11.5. The molecule has 0 spiro atoms. The van der Waals surface area contributed by atoms with E-state index in [0.29, 0.717) is 10.6 Å². The Labute approximate surface area is 88.6 Å². The van der Waals surface area contributed by atoms with Gasteiger partial charge in [0.15, 0.2) is 0 Å². The lowest BCUT2D eigenvalue weighted by Gasteiger charge is -2.09. The highest BCUT2D eigenvalue weighted by Crippen LogP contribution is 2.24. The van der Waals surface area contributed by atoms with Crippen molar-refractivity contribution in [1.29, 1.82) is 0 Å². The summed E-state index contributed by atoms with van der Waals surface area (Å²) in [6, 6.07) is 5.33. The number of hydrogen-bond donors (Lipinski definition) is 1. The lowest BCUT2D eigenvalue weighted by Crippen LogP contribution is -2.19. The number of halogens is 1. The number of hydrogen-bond acceptors (Lipinski definition) is 1. The first-order valence-corrected chi connectivity index (χ1v) is 4.62. The summed E-state index contributed by atoms with van der Waals surface area (Å²) < 4.78 is 0. The fourth-order valence-electron chi connectivity index (χ4n) is 1.24. The Bertz CT molecular complexity index is 385. The summed E-state index contributed by atoms with van der Waals surface area (Å²) in [4.78, 5) is 11.5. The van der Waals surface area contributed by atoms with Crippen LogP contribution < -0.4 is 5.32 Å². The van der Waals surface area contributed by atoms with Crippen LogP contribution in [0.5, 0.6) is 0 Å². The van der Waals surface area contributed by atoms with Crippen molar-refractivity contribution in [3.05, 3.63) is 40.9 Å². The molecule has 0 aromatic heterocycles. The smallest absolute Gasteiger partial charge is 0.253 e. The number of allylic oxidation sites excluding steroid dienone is 1. The van der Waals surface area contributed by atoms with Gasteiger partial charge in [0, 0.05) is 7.05 Å². The predicted molar refractivity (Wildman–Crippen MR) is 59.6 cm³/mol. The summed E-state index contributed by atoms with van der Waals surface area (Å²) in [5.74, 6) is -0.186. The predicted octanol–water partition coefficient (Wildman–Crippen LogP) is 2.73. The zero-order chi connectivity index (χ0) is 10.7. The molecule has 1 aromatic rings. The maximum absolute atomic E-state index is 11.5. The van der Waals surface area contributed by atoms with E-state index in [2.05, 4.69) is 11.9 Å². The molecule has 14 heavy (non-hydrogen) atoms. The van der Waals surface area contributed by atoms with Crippen molar-refractivity contribution in [3.63, 3.8) is 0 Å². The summed E-state index contributed by atoms with van der Waals surface area (Å²) in [6.45, 7) is 5.65. The molecule has 0 radical (unpaired) electrons. The molecule has 0 saturated heterocycles. The first-order chi connectivity index (χ1) is 6.57. The van der Waals surface area contributed by atoms with Gasteiger partial charge in [0.2, 0.25) is 0 Å². The van der Waals surface area contributed by atoms with Crippen LogP contribution in [-0.2, 0) is 0 Å². The zero-order valence-electron chi connectivity index (χ0n) is 8.23. The third kappa shape index (κ3) is 1.96. The minimum Gasteiger partial charge on any atom is -0.355 e. The second-order valence-electron chi connectivity index (χ2n) is 3.02. The van der Waals surface area contributed by atoms with Crippen LogP contribution in [0.1, 0.15) is 22.8 Å². The van der Waals surface area contributed by atoms with E-state index in [0.717, 1.165) is 11.1 Å². The van der Waals surface area contributed by atoms with Crippen molar-refractivity contribution in [2.24, 2.45) is 0 Å². The highest BCUT2D eigenvalue weighted by atomic mass is 35.5. The summed E-state index contributed by atoms with van der Waals surface area (Å²) >= 11 is 5.95. The second-order valence-corrected chi connectivity index (χ2v) is 3.43. The highest BCUT2D eigenvalue weighted by molar-refractivity contribution is 6.34. The molecule has 1 amide bonds. The van der Waals surface area contributed by atoms with Gasteiger partial charge in [-0.05, 0) is 18.6 Å². The standard InChI is InChI=1S/C11H12ClNO/c1-7(2)8-5-4-6-9(12)10(8)11(14)13-3/h4-6H,1H2,2-3H3,(H,13,14).